The Morgan fingerprint density at radius 3 is 2.26 bits per heavy atom. The highest BCUT2D eigenvalue weighted by atomic mass is 35.5. The molecule has 0 saturated carbocycles. The van der Waals surface area contributed by atoms with Gasteiger partial charge in [-0.1, -0.05) is 17.7 Å². The molecule has 2 aromatic carbocycles. The lowest BCUT2D eigenvalue weighted by Gasteiger charge is -2.31. The fourth-order valence-corrected chi connectivity index (χ4v) is 3.39. The summed E-state index contributed by atoms with van der Waals surface area (Å²) < 4.78 is 84.7. The number of halogens is 7. The lowest BCUT2D eigenvalue weighted by Crippen LogP contribution is -2.59. The first-order valence-electron chi connectivity index (χ1n) is 10.4. The predicted octanol–water partition coefficient (Wildman–Crippen LogP) is 3.30. The second kappa shape index (κ2) is 11.2. The van der Waals surface area contributed by atoms with Crippen molar-refractivity contribution >= 4 is 29.2 Å². The summed E-state index contributed by atoms with van der Waals surface area (Å²) in [6, 6.07) is 8.01. The first-order chi connectivity index (χ1) is 17.7. The summed E-state index contributed by atoms with van der Waals surface area (Å²) in [5, 5.41) is 17.4. The van der Waals surface area contributed by atoms with E-state index in [-0.39, 0.29) is 17.1 Å². The lowest BCUT2D eigenvalue weighted by molar-refractivity contribution is -0.254. The molecule has 16 heteroatoms. The Morgan fingerprint density at radius 2 is 1.68 bits per heavy atom. The summed E-state index contributed by atoms with van der Waals surface area (Å²) >= 11 is 5.82. The maximum absolute atomic E-state index is 13.7. The minimum Gasteiger partial charge on any atom is -0.434 e. The molecule has 1 heterocycles. The minimum absolute atomic E-state index is 0.257. The lowest BCUT2D eigenvalue weighted by atomic mass is 10.0. The van der Waals surface area contributed by atoms with Gasteiger partial charge in [-0.15, -0.1) is 0 Å². The van der Waals surface area contributed by atoms with Crippen molar-refractivity contribution in [1.29, 1.82) is 0 Å². The molecule has 0 spiro atoms. The van der Waals surface area contributed by atoms with E-state index >= 15 is 0 Å². The molecule has 38 heavy (non-hydrogen) atoms. The number of hydrogen-bond acceptors (Lipinski definition) is 6. The van der Waals surface area contributed by atoms with Crippen LogP contribution in [0.15, 0.2) is 48.7 Å². The van der Waals surface area contributed by atoms with Gasteiger partial charge in [0.25, 0.3) is 11.8 Å². The fourth-order valence-electron chi connectivity index (χ4n) is 3.14. The van der Waals surface area contributed by atoms with Crippen LogP contribution in [0.2, 0.25) is 5.02 Å². The van der Waals surface area contributed by atoms with Crippen LogP contribution in [0.25, 0.3) is 5.69 Å². The fraction of sp³-hybridized carbons (Fsp3) is 0.227. The summed E-state index contributed by atoms with van der Waals surface area (Å²) in [6.07, 6.45) is -4.43. The van der Waals surface area contributed by atoms with E-state index in [4.69, 9.17) is 17.3 Å². The van der Waals surface area contributed by atoms with E-state index in [9.17, 15) is 41.0 Å². The number of alkyl halides is 5. The number of amides is 2. The first-order valence-corrected chi connectivity index (χ1v) is 10.8. The molecule has 3 rings (SSSR count). The maximum Gasteiger partial charge on any atom is 0.420 e. The largest absolute Gasteiger partial charge is 0.434 e. The van der Waals surface area contributed by atoms with Crippen molar-refractivity contribution in [3.63, 3.8) is 0 Å². The van der Waals surface area contributed by atoms with Gasteiger partial charge >= 0.3 is 12.8 Å². The van der Waals surface area contributed by atoms with E-state index in [1.807, 2.05) is 5.32 Å². The highest BCUT2D eigenvalue weighted by Crippen LogP contribution is 2.31. The summed E-state index contributed by atoms with van der Waals surface area (Å²) in [5.74, 6) is -4.05. The highest BCUT2D eigenvalue weighted by molar-refractivity contribution is 6.34. The number of aromatic nitrogens is 2. The van der Waals surface area contributed by atoms with Gasteiger partial charge in [0.1, 0.15) is 28.5 Å². The van der Waals surface area contributed by atoms with Crippen LogP contribution in [-0.4, -0.2) is 58.2 Å². The predicted molar refractivity (Wildman–Crippen MR) is 122 cm³/mol. The molecule has 0 aliphatic rings. The number of hydrogen-bond donors (Lipinski definition) is 4. The van der Waals surface area contributed by atoms with Crippen LogP contribution in [0.4, 0.5) is 32.2 Å². The average molecular weight is 566 g/mol. The van der Waals surface area contributed by atoms with E-state index in [0.717, 1.165) is 35.1 Å². The Labute approximate surface area is 215 Å². The van der Waals surface area contributed by atoms with Gasteiger partial charge in [0.15, 0.2) is 5.60 Å². The number of nitrogens with one attached hydrogen (secondary N) is 2. The van der Waals surface area contributed by atoms with Gasteiger partial charge in [-0.25, -0.2) is 9.07 Å². The van der Waals surface area contributed by atoms with Crippen LogP contribution in [0, 0.1) is 5.82 Å². The third kappa shape index (κ3) is 6.28. The molecule has 0 radical (unpaired) electrons. The number of benzene rings is 2. The number of nitrogens with two attached hydrogens (primary N) is 1. The van der Waals surface area contributed by atoms with Gasteiger partial charge in [-0.05, 0) is 36.4 Å². The smallest absolute Gasteiger partial charge is 0.420 e. The number of aliphatic hydroxyl groups is 1. The zero-order valence-electron chi connectivity index (χ0n) is 18.9. The number of ether oxygens (including phenoxy) is 1. The van der Waals surface area contributed by atoms with Crippen molar-refractivity contribution in [3.8, 4) is 11.4 Å². The SMILES string of the molecule is Nc1c(C(=O)NCC(O)(CNC(=O)c2c(Cl)cccc2OC(F)F)C(F)(F)F)cnn1-c1ccc(F)cc1. The third-order valence-electron chi connectivity index (χ3n) is 5.15. The van der Waals surface area contributed by atoms with Crippen molar-refractivity contribution in [2.75, 3.05) is 18.8 Å². The monoisotopic (exact) mass is 565 g/mol. The quantitative estimate of drug-likeness (QED) is 0.295. The van der Waals surface area contributed by atoms with E-state index < -0.39 is 65.4 Å². The molecule has 3 aromatic rings. The van der Waals surface area contributed by atoms with Crippen LogP contribution in [0.5, 0.6) is 5.75 Å². The van der Waals surface area contributed by atoms with Crippen molar-refractivity contribution < 1.29 is 45.8 Å². The van der Waals surface area contributed by atoms with Gasteiger partial charge < -0.3 is 26.2 Å². The molecule has 5 N–H and O–H groups in total. The molecule has 1 aromatic heterocycles. The molecule has 204 valence electrons. The first kappa shape index (κ1) is 28.6. The van der Waals surface area contributed by atoms with Crippen LogP contribution in [0.3, 0.4) is 0 Å². The van der Waals surface area contributed by atoms with Gasteiger partial charge in [0.2, 0.25) is 0 Å². The van der Waals surface area contributed by atoms with Crippen LogP contribution in [0.1, 0.15) is 20.7 Å². The van der Waals surface area contributed by atoms with Crippen LogP contribution < -0.4 is 21.1 Å². The molecule has 0 aliphatic carbocycles. The maximum atomic E-state index is 13.7. The minimum atomic E-state index is -5.37. The highest BCUT2D eigenvalue weighted by Gasteiger charge is 2.54. The second-order valence-corrected chi connectivity index (χ2v) is 8.13. The van der Waals surface area contributed by atoms with Crippen molar-refractivity contribution in [1.82, 2.24) is 20.4 Å². The molecule has 1 atom stereocenters. The Kier molecular flexibility index (Phi) is 8.41. The van der Waals surface area contributed by atoms with Gasteiger partial charge in [-0.3, -0.25) is 9.59 Å². The van der Waals surface area contributed by atoms with Gasteiger partial charge in [0.05, 0.1) is 30.0 Å². The van der Waals surface area contributed by atoms with Gasteiger partial charge in [-0.2, -0.15) is 27.1 Å². The molecule has 0 aliphatic heterocycles. The summed E-state index contributed by atoms with van der Waals surface area (Å²) in [4.78, 5) is 25.0. The Hall–Kier alpha value is -3.98. The van der Waals surface area contributed by atoms with Gasteiger partial charge in [0, 0.05) is 0 Å². The van der Waals surface area contributed by atoms with Crippen LogP contribution >= 0.6 is 11.6 Å². The number of nitrogens with zero attached hydrogens (tertiary/aromatic N) is 2. The standard InChI is InChI=1S/C22H18ClF6N5O4/c23-14-2-1-3-15(38-20(25)26)16(14)19(36)32-10-21(37,22(27,28)29)9-31-18(35)13-8-33-34(17(13)30)12-6-4-11(24)5-7-12/h1-8,20,37H,9-10,30H2,(H,31,35)(H,32,36). The van der Waals surface area contributed by atoms with E-state index in [2.05, 4.69) is 9.84 Å². The van der Waals surface area contributed by atoms with Crippen molar-refractivity contribution in [3.05, 3.63) is 70.6 Å². The molecule has 9 nitrogen and oxygen atoms in total. The topological polar surface area (TPSA) is 132 Å². The van der Waals surface area contributed by atoms with E-state index in [1.165, 1.54) is 18.2 Å². The van der Waals surface area contributed by atoms with Crippen LogP contribution in [-0.2, 0) is 0 Å². The molecule has 2 amide bonds. The third-order valence-corrected chi connectivity index (χ3v) is 5.47. The van der Waals surface area contributed by atoms with E-state index in [1.54, 1.807) is 5.32 Å². The number of nitrogen functional groups attached to an aromatic ring is 1. The van der Waals surface area contributed by atoms with Crippen molar-refractivity contribution in [2.24, 2.45) is 0 Å². The number of carbonyl (C=O) groups excluding carboxylic acids is 2. The van der Waals surface area contributed by atoms with E-state index in [0.29, 0.717) is 0 Å². The summed E-state index contributed by atoms with van der Waals surface area (Å²) in [5.41, 5.74) is 1.36. The zero-order valence-corrected chi connectivity index (χ0v) is 19.7. The zero-order chi connectivity index (χ0) is 28.3. The number of anilines is 1. The molecular formula is C22H18ClF6N5O4. The molecular weight excluding hydrogens is 548 g/mol. The second-order valence-electron chi connectivity index (χ2n) is 7.72. The summed E-state index contributed by atoms with van der Waals surface area (Å²) in [6.45, 7) is -6.30. The Balaban J connectivity index is 1.74. The molecule has 0 fully saturated rings. The van der Waals surface area contributed by atoms with Crippen molar-refractivity contribution in [2.45, 2.75) is 18.4 Å². The molecule has 1 unspecified atom stereocenters. The number of rotatable bonds is 9. The molecule has 0 saturated heterocycles. The number of carbonyl (C=O) groups is 2. The summed E-state index contributed by atoms with van der Waals surface area (Å²) in [7, 11) is 0. The Morgan fingerprint density at radius 1 is 1.08 bits per heavy atom. The molecule has 0 bridgehead atoms. The Bertz CT molecular complexity index is 1320. The normalized spacial score (nSPS) is 13.2. The average Bonchev–Trinajstić information content (AvgIpc) is 3.22.